The van der Waals surface area contributed by atoms with Crippen LogP contribution in [0.25, 0.3) is 0 Å². The summed E-state index contributed by atoms with van der Waals surface area (Å²) in [7, 11) is 0. The van der Waals surface area contributed by atoms with Gasteiger partial charge in [-0.3, -0.25) is 14.6 Å². The van der Waals surface area contributed by atoms with Gasteiger partial charge in [0.25, 0.3) is 0 Å². The fraction of sp³-hybridized carbons (Fsp3) is 0.467. The largest absolute Gasteiger partial charge is 0.329 e. The van der Waals surface area contributed by atoms with Crippen LogP contribution in [-0.2, 0) is 11.3 Å². The number of rotatable bonds is 3. The lowest BCUT2D eigenvalue weighted by Gasteiger charge is -2.28. The molecule has 1 fully saturated rings. The SMILES string of the molecule is CC1CSc2ccccc2CN1CCN1C(=O)CNC1=O. The molecule has 0 aliphatic carbocycles. The molecule has 0 aromatic heterocycles. The third-order valence-corrected chi connectivity index (χ3v) is 5.36. The molecule has 2 heterocycles. The van der Waals surface area contributed by atoms with Crippen LogP contribution >= 0.6 is 11.8 Å². The summed E-state index contributed by atoms with van der Waals surface area (Å²) in [6, 6.07) is 8.60. The molecule has 0 spiro atoms. The molecule has 2 aliphatic rings. The highest BCUT2D eigenvalue weighted by Gasteiger charge is 2.29. The van der Waals surface area contributed by atoms with Crippen LogP contribution in [0.15, 0.2) is 29.2 Å². The predicted octanol–water partition coefficient (Wildman–Crippen LogP) is 1.53. The molecule has 0 bridgehead atoms. The summed E-state index contributed by atoms with van der Waals surface area (Å²) in [6.45, 7) is 4.38. The first-order valence-electron chi connectivity index (χ1n) is 7.18. The van der Waals surface area contributed by atoms with Crippen molar-refractivity contribution < 1.29 is 9.59 Å². The van der Waals surface area contributed by atoms with Crippen LogP contribution in [0.3, 0.4) is 0 Å². The lowest BCUT2D eigenvalue weighted by Crippen LogP contribution is -2.42. The molecule has 5 nitrogen and oxygen atoms in total. The second-order valence-corrected chi connectivity index (χ2v) is 6.50. The van der Waals surface area contributed by atoms with Gasteiger partial charge >= 0.3 is 6.03 Å². The number of thioether (sulfide) groups is 1. The topological polar surface area (TPSA) is 52.6 Å². The molecule has 6 heteroatoms. The Morgan fingerprint density at radius 3 is 2.86 bits per heavy atom. The minimum absolute atomic E-state index is 0.128. The highest BCUT2D eigenvalue weighted by molar-refractivity contribution is 7.99. The van der Waals surface area contributed by atoms with Crippen molar-refractivity contribution >= 4 is 23.7 Å². The number of urea groups is 1. The van der Waals surface area contributed by atoms with Gasteiger partial charge in [0.1, 0.15) is 0 Å². The van der Waals surface area contributed by atoms with Crippen LogP contribution in [0, 0.1) is 0 Å². The molecule has 21 heavy (non-hydrogen) atoms. The zero-order valence-corrected chi connectivity index (χ0v) is 12.9. The summed E-state index contributed by atoms with van der Waals surface area (Å²) in [6.07, 6.45) is 0. The number of hydrogen-bond donors (Lipinski definition) is 1. The zero-order valence-electron chi connectivity index (χ0n) is 12.0. The van der Waals surface area contributed by atoms with Gasteiger partial charge < -0.3 is 5.32 Å². The molecule has 3 amide bonds. The molecule has 1 saturated heterocycles. The van der Waals surface area contributed by atoms with E-state index in [0.29, 0.717) is 12.6 Å². The van der Waals surface area contributed by atoms with Gasteiger partial charge in [-0.25, -0.2) is 4.79 Å². The van der Waals surface area contributed by atoms with Gasteiger partial charge in [0, 0.05) is 36.3 Å². The molecule has 1 atom stereocenters. The Kier molecular flexibility index (Phi) is 4.17. The molecule has 1 aromatic carbocycles. The van der Waals surface area contributed by atoms with Crippen LogP contribution in [0.4, 0.5) is 4.79 Å². The number of nitrogens with zero attached hydrogens (tertiary/aromatic N) is 2. The number of amides is 3. The smallest absolute Gasteiger partial charge is 0.324 e. The van der Waals surface area contributed by atoms with E-state index in [2.05, 4.69) is 41.4 Å². The third-order valence-electron chi connectivity index (χ3n) is 4.00. The summed E-state index contributed by atoms with van der Waals surface area (Å²) < 4.78 is 0. The second kappa shape index (κ2) is 6.07. The Hall–Kier alpha value is -1.53. The summed E-state index contributed by atoms with van der Waals surface area (Å²) in [5, 5.41) is 2.56. The number of hydrogen-bond acceptors (Lipinski definition) is 4. The van der Waals surface area contributed by atoms with Crippen LogP contribution < -0.4 is 5.32 Å². The van der Waals surface area contributed by atoms with E-state index in [1.807, 2.05) is 11.8 Å². The Bertz CT molecular complexity index is 548. The van der Waals surface area contributed by atoms with Crippen molar-refractivity contribution in [3.8, 4) is 0 Å². The second-order valence-electron chi connectivity index (χ2n) is 5.44. The highest BCUT2D eigenvalue weighted by Crippen LogP contribution is 2.29. The van der Waals surface area contributed by atoms with Gasteiger partial charge in [-0.15, -0.1) is 11.8 Å². The number of fused-ring (bicyclic) bond motifs is 1. The van der Waals surface area contributed by atoms with Gasteiger partial charge in [0.15, 0.2) is 0 Å². The van der Waals surface area contributed by atoms with Crippen LogP contribution in [0.2, 0.25) is 0 Å². The normalized spacial score (nSPS) is 22.9. The molecular weight excluding hydrogens is 286 g/mol. The Morgan fingerprint density at radius 1 is 1.29 bits per heavy atom. The van der Waals surface area contributed by atoms with Crippen molar-refractivity contribution in [3.05, 3.63) is 29.8 Å². The van der Waals surface area contributed by atoms with Gasteiger partial charge in [0.2, 0.25) is 5.91 Å². The standard InChI is InChI=1S/C15H19N3O2S/c1-11-10-21-13-5-3-2-4-12(13)9-17(11)6-7-18-14(19)8-16-15(18)20/h2-5,11H,6-10H2,1H3,(H,16,20). The molecular formula is C15H19N3O2S. The number of carbonyl (C=O) groups is 2. The number of carbonyl (C=O) groups excluding carboxylic acids is 2. The lowest BCUT2D eigenvalue weighted by molar-refractivity contribution is -0.125. The van der Waals surface area contributed by atoms with Crippen molar-refractivity contribution in [1.29, 1.82) is 0 Å². The fourth-order valence-electron chi connectivity index (χ4n) is 2.68. The van der Waals surface area contributed by atoms with Crippen LogP contribution in [0.1, 0.15) is 12.5 Å². The number of imide groups is 1. The number of nitrogens with one attached hydrogen (secondary N) is 1. The average Bonchev–Trinajstić information content (AvgIpc) is 2.71. The molecule has 1 unspecified atom stereocenters. The van der Waals surface area contributed by atoms with Crippen molar-refractivity contribution in [2.75, 3.05) is 25.4 Å². The van der Waals surface area contributed by atoms with Crippen LogP contribution in [0.5, 0.6) is 0 Å². The van der Waals surface area contributed by atoms with Gasteiger partial charge in [0.05, 0.1) is 6.54 Å². The zero-order chi connectivity index (χ0) is 14.8. The quantitative estimate of drug-likeness (QED) is 0.861. The van der Waals surface area contributed by atoms with E-state index in [-0.39, 0.29) is 18.5 Å². The molecule has 2 aliphatic heterocycles. The molecule has 1 aromatic rings. The van der Waals surface area contributed by atoms with E-state index >= 15 is 0 Å². The van der Waals surface area contributed by atoms with E-state index < -0.39 is 0 Å². The van der Waals surface area contributed by atoms with E-state index in [4.69, 9.17) is 0 Å². The van der Waals surface area contributed by atoms with Crippen LogP contribution in [-0.4, -0.2) is 53.2 Å². The maximum Gasteiger partial charge on any atom is 0.324 e. The summed E-state index contributed by atoms with van der Waals surface area (Å²) >= 11 is 1.88. The third kappa shape index (κ3) is 3.06. The van der Waals surface area contributed by atoms with Crippen molar-refractivity contribution in [1.82, 2.24) is 15.1 Å². The molecule has 112 valence electrons. The molecule has 0 radical (unpaired) electrons. The monoisotopic (exact) mass is 305 g/mol. The Labute approximate surface area is 128 Å². The van der Waals surface area contributed by atoms with Gasteiger partial charge in [-0.05, 0) is 18.6 Å². The van der Waals surface area contributed by atoms with Gasteiger partial charge in [-0.2, -0.15) is 0 Å². The Morgan fingerprint density at radius 2 is 2.10 bits per heavy atom. The summed E-state index contributed by atoms with van der Waals surface area (Å²) in [5.74, 6) is 0.897. The molecule has 1 N–H and O–H groups in total. The number of benzene rings is 1. The maximum absolute atomic E-state index is 11.6. The highest BCUT2D eigenvalue weighted by atomic mass is 32.2. The first kappa shape index (κ1) is 14.4. The molecule has 0 saturated carbocycles. The predicted molar refractivity (Wildman–Crippen MR) is 82.1 cm³/mol. The maximum atomic E-state index is 11.6. The first-order valence-corrected chi connectivity index (χ1v) is 8.16. The van der Waals surface area contributed by atoms with E-state index in [1.165, 1.54) is 15.4 Å². The van der Waals surface area contributed by atoms with E-state index in [1.54, 1.807) is 0 Å². The summed E-state index contributed by atoms with van der Waals surface area (Å²) in [5.41, 5.74) is 1.32. The lowest BCUT2D eigenvalue weighted by atomic mass is 10.2. The Balaban J connectivity index is 1.67. The van der Waals surface area contributed by atoms with E-state index in [0.717, 1.165) is 18.8 Å². The average molecular weight is 305 g/mol. The minimum Gasteiger partial charge on any atom is -0.329 e. The fourth-order valence-corrected chi connectivity index (χ4v) is 3.80. The van der Waals surface area contributed by atoms with Crippen molar-refractivity contribution in [2.45, 2.75) is 24.4 Å². The minimum atomic E-state index is -0.266. The summed E-state index contributed by atoms with van der Waals surface area (Å²) in [4.78, 5) is 28.2. The first-order chi connectivity index (χ1) is 10.1. The van der Waals surface area contributed by atoms with Crippen molar-refractivity contribution in [2.24, 2.45) is 0 Å². The van der Waals surface area contributed by atoms with Gasteiger partial charge in [-0.1, -0.05) is 18.2 Å². The van der Waals surface area contributed by atoms with E-state index in [9.17, 15) is 9.59 Å². The van der Waals surface area contributed by atoms with Crippen molar-refractivity contribution in [3.63, 3.8) is 0 Å². The molecule has 3 rings (SSSR count).